The molecule has 0 aromatic carbocycles. The van der Waals surface area contributed by atoms with E-state index in [0.29, 0.717) is 17.5 Å². The number of hydrogen-bond acceptors (Lipinski definition) is 4. The zero-order valence-electron chi connectivity index (χ0n) is 11.1. The van der Waals surface area contributed by atoms with E-state index in [0.717, 1.165) is 25.7 Å². The molecule has 98 valence electrons. The van der Waals surface area contributed by atoms with Gasteiger partial charge in [0.15, 0.2) is 11.5 Å². The third-order valence-corrected chi connectivity index (χ3v) is 3.82. The molecule has 0 saturated heterocycles. The highest BCUT2D eigenvalue weighted by Crippen LogP contribution is 2.33. The van der Waals surface area contributed by atoms with E-state index < -0.39 is 0 Å². The van der Waals surface area contributed by atoms with Gasteiger partial charge in [0, 0.05) is 18.3 Å². The number of methoxy groups -OCH3 is 1. The minimum atomic E-state index is 0.0919. The number of carbonyl (C=O) groups excluding carboxylic acids is 1. The summed E-state index contributed by atoms with van der Waals surface area (Å²) in [4.78, 5) is 20.6. The van der Waals surface area contributed by atoms with Crippen LogP contribution >= 0.6 is 0 Å². The highest BCUT2D eigenvalue weighted by Gasteiger charge is 2.29. The Hall–Kier alpha value is -1.45. The lowest BCUT2D eigenvalue weighted by atomic mass is 9.78. The van der Waals surface area contributed by atoms with Gasteiger partial charge in [-0.05, 0) is 18.8 Å². The van der Waals surface area contributed by atoms with Crippen LogP contribution in [-0.4, -0.2) is 22.9 Å². The van der Waals surface area contributed by atoms with Gasteiger partial charge in [-0.15, -0.1) is 0 Å². The second-order valence-electron chi connectivity index (χ2n) is 4.92. The molecule has 0 N–H and O–H groups in total. The highest BCUT2D eigenvalue weighted by atomic mass is 16.5. The molecule has 0 aliphatic heterocycles. The van der Waals surface area contributed by atoms with Gasteiger partial charge in [0.25, 0.3) is 0 Å². The first kappa shape index (κ1) is 13.0. The van der Waals surface area contributed by atoms with Crippen LogP contribution in [0.4, 0.5) is 0 Å². The number of ether oxygens (including phenoxy) is 1. The normalized spacial score (nSPS) is 23.7. The molecule has 2 rings (SSSR count). The lowest BCUT2D eigenvalue weighted by Crippen LogP contribution is -2.24. The van der Waals surface area contributed by atoms with Crippen molar-refractivity contribution in [2.24, 2.45) is 11.8 Å². The zero-order valence-corrected chi connectivity index (χ0v) is 11.1. The van der Waals surface area contributed by atoms with Crippen molar-refractivity contribution in [2.45, 2.75) is 39.0 Å². The van der Waals surface area contributed by atoms with Gasteiger partial charge in [-0.3, -0.25) is 4.79 Å². The van der Waals surface area contributed by atoms with Crippen molar-refractivity contribution in [3.05, 3.63) is 18.1 Å². The van der Waals surface area contributed by atoms with Crippen LogP contribution in [0.2, 0.25) is 0 Å². The fraction of sp³-hybridized carbons (Fsp3) is 0.643. The SMILES string of the molecule is CCC1CCCC(C(=O)c2nccnc2OC)C1. The fourth-order valence-electron chi connectivity index (χ4n) is 2.74. The van der Waals surface area contributed by atoms with E-state index >= 15 is 0 Å². The van der Waals surface area contributed by atoms with Crippen molar-refractivity contribution in [1.82, 2.24) is 9.97 Å². The third-order valence-electron chi connectivity index (χ3n) is 3.82. The quantitative estimate of drug-likeness (QED) is 0.769. The van der Waals surface area contributed by atoms with Gasteiger partial charge in [-0.1, -0.05) is 26.2 Å². The summed E-state index contributed by atoms with van der Waals surface area (Å²) in [6.45, 7) is 2.19. The first-order valence-electron chi connectivity index (χ1n) is 6.65. The van der Waals surface area contributed by atoms with E-state index in [-0.39, 0.29) is 11.7 Å². The molecule has 0 bridgehead atoms. The third kappa shape index (κ3) is 2.68. The smallest absolute Gasteiger partial charge is 0.243 e. The predicted molar refractivity (Wildman–Crippen MR) is 68.7 cm³/mol. The summed E-state index contributed by atoms with van der Waals surface area (Å²) in [6, 6.07) is 0. The Labute approximate surface area is 108 Å². The molecule has 1 aliphatic rings. The highest BCUT2D eigenvalue weighted by molar-refractivity contribution is 5.98. The van der Waals surface area contributed by atoms with E-state index in [2.05, 4.69) is 16.9 Å². The number of hydrogen-bond donors (Lipinski definition) is 0. The zero-order chi connectivity index (χ0) is 13.0. The second-order valence-corrected chi connectivity index (χ2v) is 4.92. The second kappa shape index (κ2) is 5.94. The maximum atomic E-state index is 12.5. The molecule has 2 atom stereocenters. The fourth-order valence-corrected chi connectivity index (χ4v) is 2.74. The lowest BCUT2D eigenvalue weighted by Gasteiger charge is -2.27. The van der Waals surface area contributed by atoms with Crippen molar-refractivity contribution in [1.29, 1.82) is 0 Å². The average Bonchev–Trinajstić information content (AvgIpc) is 2.46. The number of carbonyl (C=O) groups is 1. The molecule has 1 aromatic rings. The van der Waals surface area contributed by atoms with Crippen LogP contribution < -0.4 is 4.74 Å². The number of nitrogens with zero attached hydrogens (tertiary/aromatic N) is 2. The molecule has 1 saturated carbocycles. The summed E-state index contributed by atoms with van der Waals surface area (Å²) in [5.74, 6) is 1.21. The van der Waals surface area contributed by atoms with Gasteiger partial charge >= 0.3 is 0 Å². The minimum absolute atomic E-state index is 0.0919. The molecule has 18 heavy (non-hydrogen) atoms. The number of ketones is 1. The largest absolute Gasteiger partial charge is 0.479 e. The molecule has 0 amide bonds. The summed E-state index contributed by atoms with van der Waals surface area (Å²) in [5, 5.41) is 0. The molecule has 1 aromatic heterocycles. The summed E-state index contributed by atoms with van der Waals surface area (Å²) in [7, 11) is 1.52. The minimum Gasteiger partial charge on any atom is -0.479 e. The Balaban J connectivity index is 2.15. The van der Waals surface area contributed by atoms with Crippen molar-refractivity contribution in [2.75, 3.05) is 7.11 Å². The van der Waals surface area contributed by atoms with Gasteiger partial charge < -0.3 is 4.74 Å². The maximum absolute atomic E-state index is 12.5. The molecule has 1 aliphatic carbocycles. The first-order valence-corrected chi connectivity index (χ1v) is 6.65. The molecular weight excluding hydrogens is 228 g/mol. The monoisotopic (exact) mass is 248 g/mol. The van der Waals surface area contributed by atoms with Crippen LogP contribution in [0.1, 0.15) is 49.5 Å². The van der Waals surface area contributed by atoms with Gasteiger partial charge in [0.05, 0.1) is 7.11 Å². The van der Waals surface area contributed by atoms with Gasteiger partial charge in [0.2, 0.25) is 5.88 Å². The first-order chi connectivity index (χ1) is 8.76. The lowest BCUT2D eigenvalue weighted by molar-refractivity contribution is 0.0852. The summed E-state index contributed by atoms with van der Waals surface area (Å²) < 4.78 is 5.12. The number of aromatic nitrogens is 2. The summed E-state index contributed by atoms with van der Waals surface area (Å²) in [5.41, 5.74) is 0.391. The van der Waals surface area contributed by atoms with Crippen molar-refractivity contribution < 1.29 is 9.53 Å². The van der Waals surface area contributed by atoms with Crippen molar-refractivity contribution in [3.63, 3.8) is 0 Å². The van der Waals surface area contributed by atoms with Gasteiger partial charge in [-0.25, -0.2) is 9.97 Å². The van der Waals surface area contributed by atoms with Crippen LogP contribution in [0.3, 0.4) is 0 Å². The number of rotatable bonds is 4. The Kier molecular flexibility index (Phi) is 4.28. The Morgan fingerprint density at radius 3 is 2.89 bits per heavy atom. The standard InChI is InChI=1S/C14H20N2O2/c1-3-10-5-4-6-11(9-10)13(17)12-14(18-2)16-8-7-15-12/h7-8,10-11H,3-6,9H2,1-2H3. The maximum Gasteiger partial charge on any atom is 0.243 e. The molecule has 2 unspecified atom stereocenters. The van der Waals surface area contributed by atoms with Crippen LogP contribution in [0.5, 0.6) is 5.88 Å². The molecule has 4 nitrogen and oxygen atoms in total. The van der Waals surface area contributed by atoms with Gasteiger partial charge in [0.1, 0.15) is 0 Å². The number of Topliss-reactive ketones (excluding diaryl/α,β-unsaturated/α-hetero) is 1. The van der Waals surface area contributed by atoms with Crippen LogP contribution in [0.25, 0.3) is 0 Å². The molecule has 1 fully saturated rings. The van der Waals surface area contributed by atoms with Crippen LogP contribution in [-0.2, 0) is 0 Å². The van der Waals surface area contributed by atoms with Crippen molar-refractivity contribution in [3.8, 4) is 5.88 Å². The van der Waals surface area contributed by atoms with E-state index in [1.165, 1.54) is 13.5 Å². The van der Waals surface area contributed by atoms with Crippen LogP contribution in [0, 0.1) is 11.8 Å². The average molecular weight is 248 g/mol. The Morgan fingerprint density at radius 1 is 1.39 bits per heavy atom. The van der Waals surface area contributed by atoms with Gasteiger partial charge in [-0.2, -0.15) is 0 Å². The van der Waals surface area contributed by atoms with Crippen molar-refractivity contribution >= 4 is 5.78 Å². The molecular formula is C14H20N2O2. The van der Waals surface area contributed by atoms with E-state index in [4.69, 9.17) is 4.74 Å². The summed E-state index contributed by atoms with van der Waals surface area (Å²) in [6.07, 6.45) is 8.59. The molecule has 1 heterocycles. The molecule has 0 spiro atoms. The molecule has 0 radical (unpaired) electrons. The Morgan fingerprint density at radius 2 is 2.17 bits per heavy atom. The summed E-state index contributed by atoms with van der Waals surface area (Å²) >= 11 is 0. The van der Waals surface area contributed by atoms with E-state index in [9.17, 15) is 4.79 Å². The predicted octanol–water partition coefficient (Wildman–Crippen LogP) is 2.88. The topological polar surface area (TPSA) is 52.1 Å². The van der Waals surface area contributed by atoms with E-state index in [1.54, 1.807) is 12.4 Å². The van der Waals surface area contributed by atoms with E-state index in [1.807, 2.05) is 0 Å². The molecule has 4 heteroatoms. The Bertz CT molecular complexity index is 420. The van der Waals surface area contributed by atoms with Crippen LogP contribution in [0.15, 0.2) is 12.4 Å².